The molecule has 1 amide bonds. The third-order valence-corrected chi connectivity index (χ3v) is 2.87. The molecule has 1 aliphatic heterocycles. The van der Waals surface area contributed by atoms with Crippen molar-refractivity contribution in [1.29, 1.82) is 0 Å². The van der Waals surface area contributed by atoms with Crippen LogP contribution in [0.25, 0.3) is 0 Å². The number of aromatic nitrogens is 2. The van der Waals surface area contributed by atoms with Gasteiger partial charge in [-0.15, -0.1) is 12.4 Å². The van der Waals surface area contributed by atoms with Crippen molar-refractivity contribution in [3.05, 3.63) is 17.0 Å². The van der Waals surface area contributed by atoms with Crippen molar-refractivity contribution in [2.75, 3.05) is 13.2 Å². The number of aromatic amines is 1. The van der Waals surface area contributed by atoms with Crippen molar-refractivity contribution >= 4 is 18.3 Å². The molecular weight excluding hydrogens is 256 g/mol. The minimum Gasteiger partial charge on any atom is -0.394 e. The van der Waals surface area contributed by atoms with Crippen LogP contribution in [0.4, 0.5) is 0 Å². The van der Waals surface area contributed by atoms with Crippen LogP contribution in [-0.4, -0.2) is 39.9 Å². The number of aliphatic hydroxyl groups excluding tert-OH is 1. The van der Waals surface area contributed by atoms with E-state index in [2.05, 4.69) is 20.8 Å². The van der Waals surface area contributed by atoms with E-state index in [1.807, 2.05) is 0 Å². The van der Waals surface area contributed by atoms with Gasteiger partial charge in [0.25, 0.3) is 5.91 Å². The van der Waals surface area contributed by atoms with Crippen molar-refractivity contribution < 1.29 is 9.90 Å². The smallest absolute Gasteiger partial charge is 0.272 e. The number of rotatable bonds is 3. The van der Waals surface area contributed by atoms with Crippen molar-refractivity contribution in [3.8, 4) is 0 Å². The molecule has 2 heterocycles. The molecule has 1 aromatic rings. The summed E-state index contributed by atoms with van der Waals surface area (Å²) < 4.78 is 0. The summed E-state index contributed by atoms with van der Waals surface area (Å²) in [5.41, 5.74) is 1.75. The summed E-state index contributed by atoms with van der Waals surface area (Å²) in [4.78, 5) is 12.0. The zero-order valence-corrected chi connectivity index (χ0v) is 11.4. The average molecular weight is 275 g/mol. The first kappa shape index (κ1) is 14.9. The van der Waals surface area contributed by atoms with Crippen LogP contribution in [0.3, 0.4) is 0 Å². The molecule has 0 unspecified atom stereocenters. The van der Waals surface area contributed by atoms with Crippen LogP contribution in [0.1, 0.15) is 35.6 Å². The van der Waals surface area contributed by atoms with Crippen LogP contribution < -0.4 is 10.6 Å². The van der Waals surface area contributed by atoms with E-state index in [9.17, 15) is 4.79 Å². The van der Waals surface area contributed by atoms with E-state index in [1.54, 1.807) is 13.8 Å². The highest BCUT2D eigenvalue weighted by atomic mass is 35.5. The van der Waals surface area contributed by atoms with E-state index >= 15 is 0 Å². The van der Waals surface area contributed by atoms with E-state index in [0.29, 0.717) is 12.2 Å². The number of amides is 1. The summed E-state index contributed by atoms with van der Waals surface area (Å²) in [6, 6.07) is 0. The Hall–Kier alpha value is -1.11. The highest BCUT2D eigenvalue weighted by Gasteiger charge is 2.25. The van der Waals surface area contributed by atoms with Gasteiger partial charge in [-0.1, -0.05) is 0 Å². The maximum atomic E-state index is 12.0. The summed E-state index contributed by atoms with van der Waals surface area (Å²) in [6.07, 6.45) is 0.860. The molecular formula is C11H19ClN4O2. The first-order valence-corrected chi connectivity index (χ1v) is 5.74. The fraction of sp³-hybridized carbons (Fsp3) is 0.636. The first-order valence-electron chi connectivity index (χ1n) is 5.74. The second kappa shape index (κ2) is 5.69. The third kappa shape index (κ3) is 3.01. The van der Waals surface area contributed by atoms with Crippen LogP contribution in [0.5, 0.6) is 0 Å². The normalized spacial score (nSPS) is 14.6. The molecule has 7 heteroatoms. The van der Waals surface area contributed by atoms with Gasteiger partial charge in [-0.05, 0) is 13.8 Å². The van der Waals surface area contributed by atoms with E-state index < -0.39 is 5.54 Å². The van der Waals surface area contributed by atoms with E-state index in [4.69, 9.17) is 5.11 Å². The topological polar surface area (TPSA) is 90.0 Å². The number of fused-ring (bicyclic) bond motifs is 1. The van der Waals surface area contributed by atoms with Gasteiger partial charge in [-0.2, -0.15) is 5.10 Å². The monoisotopic (exact) mass is 274 g/mol. The number of nitrogens with one attached hydrogen (secondary N) is 3. The van der Waals surface area contributed by atoms with Gasteiger partial charge < -0.3 is 15.7 Å². The molecule has 0 aromatic carbocycles. The Morgan fingerprint density at radius 3 is 2.94 bits per heavy atom. The number of halogens is 1. The Labute approximate surface area is 112 Å². The molecule has 6 nitrogen and oxygen atoms in total. The minimum atomic E-state index is -0.634. The quantitative estimate of drug-likeness (QED) is 0.624. The predicted molar refractivity (Wildman–Crippen MR) is 69.9 cm³/mol. The highest BCUT2D eigenvalue weighted by Crippen LogP contribution is 2.16. The average Bonchev–Trinajstić information content (AvgIpc) is 2.72. The van der Waals surface area contributed by atoms with Crippen molar-refractivity contribution in [2.45, 2.75) is 32.4 Å². The summed E-state index contributed by atoms with van der Waals surface area (Å²) in [7, 11) is 0. The van der Waals surface area contributed by atoms with Gasteiger partial charge in [-0.25, -0.2) is 0 Å². The van der Waals surface area contributed by atoms with E-state index in [-0.39, 0.29) is 24.9 Å². The van der Waals surface area contributed by atoms with Gasteiger partial charge in [0.2, 0.25) is 0 Å². The van der Waals surface area contributed by atoms with Gasteiger partial charge in [0.1, 0.15) is 0 Å². The maximum Gasteiger partial charge on any atom is 0.272 e. The van der Waals surface area contributed by atoms with Crippen molar-refractivity contribution in [2.24, 2.45) is 0 Å². The lowest BCUT2D eigenvalue weighted by Gasteiger charge is -2.23. The van der Waals surface area contributed by atoms with Gasteiger partial charge in [0, 0.05) is 30.8 Å². The lowest BCUT2D eigenvalue weighted by Crippen LogP contribution is -2.46. The lowest BCUT2D eigenvalue weighted by atomic mass is 10.0. The second-order valence-corrected chi connectivity index (χ2v) is 4.95. The molecule has 0 bridgehead atoms. The first-order chi connectivity index (χ1) is 8.03. The molecule has 18 heavy (non-hydrogen) atoms. The Morgan fingerprint density at radius 2 is 2.28 bits per heavy atom. The van der Waals surface area contributed by atoms with Crippen molar-refractivity contribution in [3.63, 3.8) is 0 Å². The minimum absolute atomic E-state index is 0. The van der Waals surface area contributed by atoms with Crippen LogP contribution in [-0.2, 0) is 13.0 Å². The number of carbonyl (C=O) groups excluding carboxylic acids is 1. The van der Waals surface area contributed by atoms with Crippen molar-refractivity contribution in [1.82, 2.24) is 20.8 Å². The summed E-state index contributed by atoms with van der Waals surface area (Å²) >= 11 is 0. The van der Waals surface area contributed by atoms with Crippen LogP contribution in [0.2, 0.25) is 0 Å². The zero-order chi connectivity index (χ0) is 12.5. The fourth-order valence-corrected chi connectivity index (χ4v) is 1.82. The summed E-state index contributed by atoms with van der Waals surface area (Å²) in [6.45, 7) is 4.99. The molecule has 0 saturated heterocycles. The maximum absolute atomic E-state index is 12.0. The van der Waals surface area contributed by atoms with E-state index in [0.717, 1.165) is 24.2 Å². The number of aliphatic hydroxyl groups is 1. The van der Waals surface area contributed by atoms with Gasteiger partial charge in [-0.3, -0.25) is 9.89 Å². The third-order valence-electron chi connectivity index (χ3n) is 2.87. The molecule has 4 N–H and O–H groups in total. The lowest BCUT2D eigenvalue weighted by molar-refractivity contribution is 0.0863. The zero-order valence-electron chi connectivity index (χ0n) is 10.5. The number of hydrogen-bond acceptors (Lipinski definition) is 4. The summed E-state index contributed by atoms with van der Waals surface area (Å²) in [5.74, 6) is -0.245. The van der Waals surface area contributed by atoms with Gasteiger partial charge in [0.15, 0.2) is 5.69 Å². The highest BCUT2D eigenvalue weighted by molar-refractivity contribution is 5.94. The predicted octanol–water partition coefficient (Wildman–Crippen LogP) is -0.0221. The number of hydrogen-bond donors (Lipinski definition) is 4. The van der Waals surface area contributed by atoms with Crippen LogP contribution >= 0.6 is 12.4 Å². The Bertz CT molecular complexity index is 431. The Kier molecular flexibility index (Phi) is 4.72. The van der Waals surface area contributed by atoms with Crippen LogP contribution in [0.15, 0.2) is 0 Å². The molecule has 0 spiro atoms. The molecule has 2 rings (SSSR count). The summed E-state index contributed by atoms with van der Waals surface area (Å²) in [5, 5.41) is 22.0. The van der Waals surface area contributed by atoms with Crippen LogP contribution in [0, 0.1) is 0 Å². The largest absolute Gasteiger partial charge is 0.394 e. The second-order valence-electron chi connectivity index (χ2n) is 4.95. The SMILES string of the molecule is CC(C)(CO)NC(=O)c1n[nH]c2c1CNCC2.Cl. The molecule has 1 aromatic heterocycles. The Balaban J connectivity index is 0.00000162. The molecule has 0 fully saturated rings. The number of H-pyrrole nitrogens is 1. The number of carbonyl (C=O) groups is 1. The molecule has 102 valence electrons. The van der Waals surface area contributed by atoms with Gasteiger partial charge >= 0.3 is 0 Å². The molecule has 0 saturated carbocycles. The molecule has 0 atom stereocenters. The molecule has 0 aliphatic carbocycles. The number of nitrogens with zero attached hydrogens (tertiary/aromatic N) is 1. The van der Waals surface area contributed by atoms with Gasteiger partial charge in [0.05, 0.1) is 12.1 Å². The fourth-order valence-electron chi connectivity index (χ4n) is 1.82. The molecule has 1 aliphatic rings. The molecule has 0 radical (unpaired) electrons. The Morgan fingerprint density at radius 1 is 1.56 bits per heavy atom. The van der Waals surface area contributed by atoms with E-state index in [1.165, 1.54) is 0 Å². The standard InChI is InChI=1S/C11H18N4O2.ClH/c1-11(2,6-16)13-10(17)9-7-5-12-4-3-8(7)14-15-9;/h12,16H,3-6H2,1-2H3,(H,13,17)(H,14,15);1H.